The summed E-state index contributed by atoms with van der Waals surface area (Å²) in [6.07, 6.45) is 5.20. The molecule has 1 heterocycles. The zero-order chi connectivity index (χ0) is 17.1. The molecule has 0 N–H and O–H groups in total. The molecular formula is C17H23N3O4. The zero-order valence-electron chi connectivity index (χ0n) is 13.9. The van der Waals surface area contributed by atoms with Crippen molar-refractivity contribution in [1.29, 1.82) is 0 Å². The van der Waals surface area contributed by atoms with Gasteiger partial charge in [-0.1, -0.05) is 12.8 Å². The van der Waals surface area contributed by atoms with Gasteiger partial charge in [0.25, 0.3) is 5.69 Å². The molecule has 0 radical (unpaired) electrons. The Kier molecular flexibility index (Phi) is 4.99. The van der Waals surface area contributed by atoms with E-state index in [-0.39, 0.29) is 11.3 Å². The van der Waals surface area contributed by atoms with Crippen molar-refractivity contribution >= 4 is 17.3 Å². The topological polar surface area (TPSA) is 75.9 Å². The number of ether oxygens (including phenoxy) is 1. The zero-order valence-corrected chi connectivity index (χ0v) is 13.9. The van der Waals surface area contributed by atoms with Gasteiger partial charge in [0.2, 0.25) is 0 Å². The Morgan fingerprint density at radius 2 is 1.88 bits per heavy atom. The Bertz CT molecular complexity index is 620. The Labute approximate surface area is 141 Å². The molecular weight excluding hydrogens is 310 g/mol. The molecule has 0 atom stereocenters. The van der Waals surface area contributed by atoms with Crippen LogP contribution in [0.25, 0.3) is 0 Å². The van der Waals surface area contributed by atoms with Crippen molar-refractivity contribution in [2.75, 3.05) is 38.2 Å². The molecule has 0 amide bonds. The van der Waals surface area contributed by atoms with E-state index in [4.69, 9.17) is 4.74 Å². The molecule has 1 aromatic carbocycles. The molecule has 1 aliphatic carbocycles. The van der Waals surface area contributed by atoms with Gasteiger partial charge in [-0.15, -0.1) is 0 Å². The first kappa shape index (κ1) is 16.7. The SMILES string of the molecule is COC(=O)c1cc([N+](=O)[O-])ccc1N1CCN(C2CCCC2)CC1. The Hall–Kier alpha value is -2.15. The molecule has 1 saturated heterocycles. The van der Waals surface area contributed by atoms with Gasteiger partial charge in [0, 0.05) is 44.4 Å². The van der Waals surface area contributed by atoms with E-state index in [9.17, 15) is 14.9 Å². The van der Waals surface area contributed by atoms with Crippen molar-refractivity contribution in [2.45, 2.75) is 31.7 Å². The van der Waals surface area contributed by atoms with Gasteiger partial charge in [-0.2, -0.15) is 0 Å². The third-order valence-corrected chi connectivity index (χ3v) is 5.09. The number of rotatable bonds is 4. The monoisotopic (exact) mass is 333 g/mol. The molecule has 24 heavy (non-hydrogen) atoms. The van der Waals surface area contributed by atoms with Crippen LogP contribution >= 0.6 is 0 Å². The van der Waals surface area contributed by atoms with E-state index in [0.717, 1.165) is 31.9 Å². The van der Waals surface area contributed by atoms with Crippen LogP contribution in [0.1, 0.15) is 36.0 Å². The van der Waals surface area contributed by atoms with Crippen LogP contribution in [0.2, 0.25) is 0 Å². The molecule has 0 aromatic heterocycles. The number of anilines is 1. The van der Waals surface area contributed by atoms with Crippen molar-refractivity contribution in [3.05, 3.63) is 33.9 Å². The van der Waals surface area contributed by atoms with Crippen LogP contribution in [0.15, 0.2) is 18.2 Å². The summed E-state index contributed by atoms with van der Waals surface area (Å²) in [5.74, 6) is -0.535. The number of nitro benzene ring substituents is 1. The number of nitro groups is 1. The number of benzene rings is 1. The van der Waals surface area contributed by atoms with E-state index in [1.807, 2.05) is 0 Å². The van der Waals surface area contributed by atoms with Crippen LogP contribution in [0.3, 0.4) is 0 Å². The average molecular weight is 333 g/mol. The average Bonchev–Trinajstić information content (AvgIpc) is 3.15. The molecule has 0 unspecified atom stereocenters. The van der Waals surface area contributed by atoms with Gasteiger partial charge in [-0.25, -0.2) is 4.79 Å². The second-order valence-electron chi connectivity index (χ2n) is 6.41. The summed E-state index contributed by atoms with van der Waals surface area (Å²) in [6.45, 7) is 3.56. The Balaban J connectivity index is 1.76. The predicted octanol–water partition coefficient (Wildman–Crippen LogP) is 2.45. The van der Waals surface area contributed by atoms with Crippen LogP contribution in [-0.4, -0.2) is 55.1 Å². The van der Waals surface area contributed by atoms with E-state index in [2.05, 4.69) is 9.80 Å². The fourth-order valence-electron chi connectivity index (χ4n) is 3.78. The highest BCUT2D eigenvalue weighted by atomic mass is 16.6. The van der Waals surface area contributed by atoms with Gasteiger partial charge in [0.1, 0.15) is 0 Å². The van der Waals surface area contributed by atoms with Crippen LogP contribution in [-0.2, 0) is 4.74 Å². The maximum absolute atomic E-state index is 12.0. The van der Waals surface area contributed by atoms with E-state index < -0.39 is 10.9 Å². The number of carbonyl (C=O) groups excluding carboxylic acids is 1. The number of piperazine rings is 1. The highest BCUT2D eigenvalue weighted by Crippen LogP contribution is 2.29. The van der Waals surface area contributed by atoms with E-state index in [0.29, 0.717) is 6.04 Å². The normalized spacial score (nSPS) is 19.5. The molecule has 1 aliphatic heterocycles. The second kappa shape index (κ2) is 7.17. The van der Waals surface area contributed by atoms with Gasteiger partial charge in [-0.3, -0.25) is 15.0 Å². The summed E-state index contributed by atoms with van der Waals surface area (Å²) >= 11 is 0. The number of hydrogen-bond donors (Lipinski definition) is 0. The van der Waals surface area contributed by atoms with E-state index >= 15 is 0 Å². The standard InChI is InChI=1S/C17H23N3O4/c1-24-17(21)15-12-14(20(22)23)6-7-16(15)19-10-8-18(9-11-19)13-4-2-3-5-13/h6-7,12-13H,2-5,8-11H2,1H3. The first-order valence-corrected chi connectivity index (χ1v) is 8.46. The Morgan fingerprint density at radius 3 is 2.46 bits per heavy atom. The third kappa shape index (κ3) is 3.36. The number of non-ortho nitro benzene ring substituents is 1. The first-order chi connectivity index (χ1) is 11.6. The third-order valence-electron chi connectivity index (χ3n) is 5.09. The number of esters is 1. The number of methoxy groups -OCH3 is 1. The second-order valence-corrected chi connectivity index (χ2v) is 6.41. The Morgan fingerprint density at radius 1 is 1.21 bits per heavy atom. The van der Waals surface area contributed by atoms with Crippen LogP contribution in [0, 0.1) is 10.1 Å². The predicted molar refractivity (Wildman–Crippen MR) is 90.5 cm³/mol. The summed E-state index contributed by atoms with van der Waals surface area (Å²) in [5, 5.41) is 11.0. The van der Waals surface area contributed by atoms with Crippen molar-refractivity contribution in [3.63, 3.8) is 0 Å². The lowest BCUT2D eigenvalue weighted by atomic mass is 10.1. The molecule has 2 aliphatic rings. The van der Waals surface area contributed by atoms with E-state index in [1.165, 1.54) is 44.9 Å². The summed E-state index contributed by atoms with van der Waals surface area (Å²) in [5.41, 5.74) is 0.892. The quantitative estimate of drug-likeness (QED) is 0.478. The lowest BCUT2D eigenvalue weighted by molar-refractivity contribution is -0.384. The minimum Gasteiger partial charge on any atom is -0.465 e. The number of carbonyl (C=O) groups is 1. The smallest absolute Gasteiger partial charge is 0.340 e. The first-order valence-electron chi connectivity index (χ1n) is 8.46. The molecule has 130 valence electrons. The van der Waals surface area contributed by atoms with Gasteiger partial charge < -0.3 is 9.64 Å². The van der Waals surface area contributed by atoms with Crippen molar-refractivity contribution in [3.8, 4) is 0 Å². The summed E-state index contributed by atoms with van der Waals surface area (Å²) in [4.78, 5) is 27.2. The van der Waals surface area contributed by atoms with Crippen molar-refractivity contribution in [1.82, 2.24) is 4.90 Å². The van der Waals surface area contributed by atoms with Gasteiger partial charge in [0.15, 0.2) is 0 Å². The molecule has 1 saturated carbocycles. The summed E-state index contributed by atoms with van der Waals surface area (Å²) < 4.78 is 4.81. The maximum Gasteiger partial charge on any atom is 0.340 e. The van der Waals surface area contributed by atoms with Gasteiger partial charge >= 0.3 is 5.97 Å². The molecule has 0 spiro atoms. The summed E-state index contributed by atoms with van der Waals surface area (Å²) in [7, 11) is 1.29. The molecule has 3 rings (SSSR count). The minimum atomic E-state index is -0.535. The lowest BCUT2D eigenvalue weighted by Crippen LogP contribution is -2.50. The van der Waals surface area contributed by atoms with Crippen molar-refractivity contribution in [2.24, 2.45) is 0 Å². The van der Waals surface area contributed by atoms with E-state index in [1.54, 1.807) is 6.07 Å². The molecule has 2 fully saturated rings. The fourth-order valence-corrected chi connectivity index (χ4v) is 3.78. The van der Waals surface area contributed by atoms with Gasteiger partial charge in [0.05, 0.1) is 23.3 Å². The number of hydrogen-bond acceptors (Lipinski definition) is 6. The van der Waals surface area contributed by atoms with Crippen molar-refractivity contribution < 1.29 is 14.5 Å². The fraction of sp³-hybridized carbons (Fsp3) is 0.588. The van der Waals surface area contributed by atoms with Crippen LogP contribution in [0.4, 0.5) is 11.4 Å². The highest BCUT2D eigenvalue weighted by molar-refractivity contribution is 5.96. The highest BCUT2D eigenvalue weighted by Gasteiger charge is 2.28. The summed E-state index contributed by atoms with van der Waals surface area (Å²) in [6, 6.07) is 5.12. The van der Waals surface area contributed by atoms with Crippen LogP contribution in [0.5, 0.6) is 0 Å². The van der Waals surface area contributed by atoms with Crippen LogP contribution < -0.4 is 4.90 Å². The molecule has 0 bridgehead atoms. The van der Waals surface area contributed by atoms with Gasteiger partial charge in [-0.05, 0) is 18.9 Å². The lowest BCUT2D eigenvalue weighted by Gasteiger charge is -2.39. The largest absolute Gasteiger partial charge is 0.465 e. The molecule has 7 nitrogen and oxygen atoms in total. The maximum atomic E-state index is 12.0. The number of nitrogens with zero attached hydrogens (tertiary/aromatic N) is 3. The molecule has 1 aromatic rings. The molecule has 7 heteroatoms. The minimum absolute atomic E-state index is 0.0938.